The third-order valence-electron chi connectivity index (χ3n) is 4.96. The quantitative estimate of drug-likeness (QED) is 0.325. The molecule has 0 bridgehead atoms. The molecule has 172 valence electrons. The average Bonchev–Trinajstić information content (AvgIpc) is 3.38. The molecule has 0 aliphatic heterocycles. The number of aromatic nitrogens is 2. The van der Waals surface area contributed by atoms with Crippen molar-refractivity contribution >= 4 is 34.7 Å². The summed E-state index contributed by atoms with van der Waals surface area (Å²) < 4.78 is 5.84. The second-order valence-corrected chi connectivity index (χ2v) is 8.54. The van der Waals surface area contributed by atoms with E-state index < -0.39 is 0 Å². The zero-order valence-electron chi connectivity index (χ0n) is 18.4. The summed E-state index contributed by atoms with van der Waals surface area (Å²) in [4.78, 5) is 34.7. The maximum Gasteiger partial charge on any atom is 0.256 e. The molecule has 4 aromatic rings. The van der Waals surface area contributed by atoms with Crippen LogP contribution in [0.3, 0.4) is 0 Å². The Morgan fingerprint density at radius 2 is 1.82 bits per heavy atom. The van der Waals surface area contributed by atoms with Gasteiger partial charge in [0.15, 0.2) is 11.6 Å². The van der Waals surface area contributed by atoms with Crippen LogP contribution in [0.5, 0.6) is 5.75 Å². The monoisotopic (exact) mass is 472 g/mol. The molecule has 34 heavy (non-hydrogen) atoms. The number of nitrogens with zero attached hydrogens (tertiary/aromatic N) is 2. The summed E-state index contributed by atoms with van der Waals surface area (Å²) in [5, 5.41) is 7.70. The minimum Gasteiger partial charge on any atom is -0.485 e. The first kappa shape index (κ1) is 23.1. The van der Waals surface area contributed by atoms with Crippen molar-refractivity contribution in [3.63, 3.8) is 0 Å². The summed E-state index contributed by atoms with van der Waals surface area (Å²) in [5.74, 6) is 0.360. The Balaban J connectivity index is 1.33. The number of carbonyl (C=O) groups is 2. The van der Waals surface area contributed by atoms with Crippen molar-refractivity contribution in [1.29, 1.82) is 0 Å². The fraction of sp³-hybridized carbons (Fsp3) is 0.154. The molecule has 0 unspecified atom stereocenters. The Kier molecular flexibility index (Phi) is 7.97. The molecule has 0 saturated heterocycles. The van der Waals surface area contributed by atoms with Crippen LogP contribution in [0.4, 0.5) is 11.5 Å². The van der Waals surface area contributed by atoms with Crippen LogP contribution >= 0.6 is 11.3 Å². The van der Waals surface area contributed by atoms with Gasteiger partial charge in [-0.2, -0.15) is 0 Å². The van der Waals surface area contributed by atoms with E-state index in [0.717, 1.165) is 18.4 Å². The summed E-state index contributed by atoms with van der Waals surface area (Å²) in [7, 11) is 0. The summed E-state index contributed by atoms with van der Waals surface area (Å²) >= 11 is 1.69. The predicted octanol–water partition coefficient (Wildman–Crippen LogP) is 5.33. The van der Waals surface area contributed by atoms with Gasteiger partial charge >= 0.3 is 0 Å². The summed E-state index contributed by atoms with van der Waals surface area (Å²) in [6.07, 6.45) is 7.04. The lowest BCUT2D eigenvalue weighted by Crippen LogP contribution is -2.15. The Hall–Kier alpha value is -4.04. The standard InChI is InChI=1S/C26H24N4O3S/c31-24(10-2-7-22-8-4-16-34-22)29-21-6-1-5-20(17-21)26(32)30-25-23(9-3-13-28-25)33-18-19-11-14-27-15-12-19/h1,3-6,8-9,11-17H,2,7,10,18H2,(H,29,31)(H,28,30,32). The van der Waals surface area contributed by atoms with Gasteiger partial charge in [0.05, 0.1) is 0 Å². The van der Waals surface area contributed by atoms with Gasteiger partial charge in [-0.3, -0.25) is 14.6 Å². The average molecular weight is 473 g/mol. The highest BCUT2D eigenvalue weighted by atomic mass is 32.1. The number of rotatable bonds is 10. The highest BCUT2D eigenvalue weighted by Gasteiger charge is 2.13. The molecule has 2 amide bonds. The Morgan fingerprint density at radius 3 is 2.65 bits per heavy atom. The molecule has 3 aromatic heterocycles. The second kappa shape index (κ2) is 11.7. The molecule has 0 spiro atoms. The van der Waals surface area contributed by atoms with Crippen molar-refractivity contribution in [2.75, 3.05) is 10.6 Å². The normalized spacial score (nSPS) is 10.5. The van der Waals surface area contributed by atoms with Crippen molar-refractivity contribution in [2.24, 2.45) is 0 Å². The van der Waals surface area contributed by atoms with Gasteiger partial charge in [-0.25, -0.2) is 4.98 Å². The Morgan fingerprint density at radius 1 is 0.941 bits per heavy atom. The van der Waals surface area contributed by atoms with Crippen LogP contribution < -0.4 is 15.4 Å². The van der Waals surface area contributed by atoms with Gasteiger partial charge in [0.2, 0.25) is 5.91 Å². The van der Waals surface area contributed by atoms with Gasteiger partial charge in [-0.05, 0) is 72.3 Å². The van der Waals surface area contributed by atoms with E-state index in [-0.39, 0.29) is 11.8 Å². The van der Waals surface area contributed by atoms with Gasteiger partial charge in [0, 0.05) is 41.1 Å². The van der Waals surface area contributed by atoms with Crippen LogP contribution in [-0.2, 0) is 17.8 Å². The topological polar surface area (TPSA) is 93.2 Å². The fourth-order valence-corrected chi connectivity index (χ4v) is 4.01. The van der Waals surface area contributed by atoms with Crippen molar-refractivity contribution in [1.82, 2.24) is 9.97 Å². The number of aryl methyl sites for hydroxylation is 1. The highest BCUT2D eigenvalue weighted by molar-refractivity contribution is 7.09. The Bertz CT molecular complexity index is 1230. The maximum atomic E-state index is 12.9. The molecular formula is C26H24N4O3S. The zero-order chi connectivity index (χ0) is 23.6. The van der Waals surface area contributed by atoms with E-state index in [0.29, 0.717) is 35.8 Å². The minimum absolute atomic E-state index is 0.0781. The van der Waals surface area contributed by atoms with Gasteiger partial charge in [-0.15, -0.1) is 11.3 Å². The number of carbonyl (C=O) groups excluding carboxylic acids is 2. The summed E-state index contributed by atoms with van der Waals surface area (Å²) in [6, 6.07) is 18.1. The number of ether oxygens (including phenoxy) is 1. The lowest BCUT2D eigenvalue weighted by Gasteiger charge is -2.12. The third-order valence-corrected chi connectivity index (χ3v) is 5.90. The molecule has 0 saturated carbocycles. The molecule has 0 radical (unpaired) electrons. The van der Waals surface area contributed by atoms with E-state index in [2.05, 4.69) is 26.7 Å². The van der Waals surface area contributed by atoms with Gasteiger partial charge in [-0.1, -0.05) is 12.1 Å². The fourth-order valence-electron chi connectivity index (χ4n) is 3.26. The van der Waals surface area contributed by atoms with Crippen LogP contribution in [0.1, 0.15) is 33.6 Å². The molecular weight excluding hydrogens is 448 g/mol. The largest absolute Gasteiger partial charge is 0.485 e. The minimum atomic E-state index is -0.346. The van der Waals surface area contributed by atoms with E-state index in [1.54, 1.807) is 66.3 Å². The number of hydrogen-bond acceptors (Lipinski definition) is 6. The predicted molar refractivity (Wildman–Crippen MR) is 133 cm³/mol. The summed E-state index contributed by atoms with van der Waals surface area (Å²) in [5.41, 5.74) is 1.93. The van der Waals surface area contributed by atoms with E-state index in [1.165, 1.54) is 4.88 Å². The van der Waals surface area contributed by atoms with E-state index in [1.807, 2.05) is 23.6 Å². The first-order chi connectivity index (χ1) is 16.7. The number of hydrogen-bond donors (Lipinski definition) is 2. The highest BCUT2D eigenvalue weighted by Crippen LogP contribution is 2.23. The van der Waals surface area contributed by atoms with Crippen LogP contribution in [-0.4, -0.2) is 21.8 Å². The summed E-state index contributed by atoms with van der Waals surface area (Å²) in [6.45, 7) is 0.324. The molecule has 3 heterocycles. The Labute approximate surface area is 201 Å². The number of amides is 2. The van der Waals surface area contributed by atoms with E-state index in [4.69, 9.17) is 4.74 Å². The van der Waals surface area contributed by atoms with Gasteiger partial charge in [0.25, 0.3) is 5.91 Å². The van der Waals surface area contributed by atoms with Gasteiger partial charge in [0.1, 0.15) is 6.61 Å². The molecule has 8 heteroatoms. The van der Waals surface area contributed by atoms with Crippen LogP contribution in [0.25, 0.3) is 0 Å². The SMILES string of the molecule is O=C(CCCc1cccs1)Nc1cccc(C(=O)Nc2ncccc2OCc2ccncc2)c1. The molecule has 4 rings (SSSR count). The van der Waals surface area contributed by atoms with Crippen molar-refractivity contribution < 1.29 is 14.3 Å². The second-order valence-electron chi connectivity index (χ2n) is 7.51. The number of nitrogens with one attached hydrogen (secondary N) is 2. The third kappa shape index (κ3) is 6.73. The van der Waals surface area contributed by atoms with Crippen LogP contribution in [0, 0.1) is 0 Å². The van der Waals surface area contributed by atoms with E-state index in [9.17, 15) is 9.59 Å². The van der Waals surface area contributed by atoms with Crippen molar-refractivity contribution in [3.8, 4) is 5.75 Å². The number of anilines is 2. The molecule has 2 N–H and O–H groups in total. The number of thiophene rings is 1. The van der Waals surface area contributed by atoms with E-state index >= 15 is 0 Å². The molecule has 0 aliphatic rings. The molecule has 1 aromatic carbocycles. The smallest absolute Gasteiger partial charge is 0.256 e. The maximum absolute atomic E-state index is 12.9. The van der Waals surface area contributed by atoms with Crippen molar-refractivity contribution in [2.45, 2.75) is 25.9 Å². The first-order valence-electron chi connectivity index (χ1n) is 10.9. The van der Waals surface area contributed by atoms with Gasteiger partial charge < -0.3 is 15.4 Å². The molecule has 0 fully saturated rings. The van der Waals surface area contributed by atoms with Crippen LogP contribution in [0.2, 0.25) is 0 Å². The lowest BCUT2D eigenvalue weighted by molar-refractivity contribution is -0.116. The molecule has 7 nitrogen and oxygen atoms in total. The molecule has 0 aliphatic carbocycles. The van der Waals surface area contributed by atoms with Crippen LogP contribution in [0.15, 0.2) is 84.6 Å². The zero-order valence-corrected chi connectivity index (χ0v) is 19.3. The molecule has 0 atom stereocenters. The number of pyridine rings is 2. The van der Waals surface area contributed by atoms with Crippen molar-refractivity contribution in [3.05, 3.63) is 101 Å². The first-order valence-corrected chi connectivity index (χ1v) is 11.8. The lowest BCUT2D eigenvalue weighted by atomic mass is 10.1. The number of benzene rings is 1.